The predicted octanol–water partition coefficient (Wildman–Crippen LogP) is 3.75. The van der Waals surface area contributed by atoms with Crippen LogP contribution in [0.2, 0.25) is 0 Å². The molecule has 2 N–H and O–H groups in total. The molecule has 0 heterocycles. The van der Waals surface area contributed by atoms with Gasteiger partial charge in [0.05, 0.1) is 0 Å². The molecule has 0 saturated heterocycles. The molecule has 0 aliphatic heterocycles. The minimum absolute atomic E-state index is 0.415. The normalized spacial score (nSPS) is 30.6. The Balaban J connectivity index is 2.50. The Morgan fingerprint density at radius 2 is 1.89 bits per heavy atom. The van der Waals surface area contributed by atoms with Crippen molar-refractivity contribution in [2.75, 3.05) is 20.1 Å². The Labute approximate surface area is 121 Å². The fraction of sp³-hybridized carbons (Fsp3) is 1.00. The van der Waals surface area contributed by atoms with Gasteiger partial charge in [0.15, 0.2) is 0 Å². The van der Waals surface area contributed by atoms with Gasteiger partial charge in [0, 0.05) is 19.1 Å². The molecule has 0 aromatic carbocycles. The van der Waals surface area contributed by atoms with Crippen molar-refractivity contribution in [3.63, 3.8) is 0 Å². The second-order valence-corrected chi connectivity index (χ2v) is 8.03. The zero-order chi connectivity index (χ0) is 14.6. The standard InChI is InChI=1S/C17H36N2/c1-7-13(2)11-19(6)12-14-10-15(17(3,4)5)8-9-16(14)18/h13-16H,7-12,18H2,1-6H3. The molecule has 1 aliphatic carbocycles. The summed E-state index contributed by atoms with van der Waals surface area (Å²) in [7, 11) is 2.26. The molecule has 0 spiro atoms. The summed E-state index contributed by atoms with van der Waals surface area (Å²) in [4.78, 5) is 2.50. The van der Waals surface area contributed by atoms with E-state index in [0.717, 1.165) is 11.8 Å². The third-order valence-corrected chi connectivity index (χ3v) is 5.13. The van der Waals surface area contributed by atoms with Crippen LogP contribution >= 0.6 is 0 Å². The molecule has 4 unspecified atom stereocenters. The summed E-state index contributed by atoms with van der Waals surface area (Å²) in [6.07, 6.45) is 5.11. The summed E-state index contributed by atoms with van der Waals surface area (Å²) in [6, 6.07) is 0.415. The largest absolute Gasteiger partial charge is 0.327 e. The van der Waals surface area contributed by atoms with Crippen LogP contribution in [0.25, 0.3) is 0 Å². The zero-order valence-electron chi connectivity index (χ0n) is 14.1. The Kier molecular flexibility index (Phi) is 6.32. The lowest BCUT2D eigenvalue weighted by atomic mass is 9.67. The quantitative estimate of drug-likeness (QED) is 0.823. The van der Waals surface area contributed by atoms with Crippen molar-refractivity contribution in [3.05, 3.63) is 0 Å². The minimum atomic E-state index is 0.415. The highest BCUT2D eigenvalue weighted by Crippen LogP contribution is 2.40. The first-order valence-electron chi connectivity index (χ1n) is 8.18. The lowest BCUT2D eigenvalue weighted by Crippen LogP contribution is -2.45. The fourth-order valence-electron chi connectivity index (χ4n) is 3.42. The van der Waals surface area contributed by atoms with E-state index in [0.29, 0.717) is 17.4 Å². The summed E-state index contributed by atoms with van der Waals surface area (Å²) in [5, 5.41) is 0. The van der Waals surface area contributed by atoms with E-state index in [9.17, 15) is 0 Å². The number of nitrogens with zero attached hydrogens (tertiary/aromatic N) is 1. The SMILES string of the molecule is CCC(C)CN(C)CC1CC(C(C)(C)C)CCC1N. The van der Waals surface area contributed by atoms with E-state index in [1.807, 2.05) is 0 Å². The maximum Gasteiger partial charge on any atom is 0.00795 e. The molecule has 0 aromatic heterocycles. The van der Waals surface area contributed by atoms with E-state index in [2.05, 4.69) is 46.6 Å². The van der Waals surface area contributed by atoms with E-state index in [1.165, 1.54) is 38.8 Å². The maximum atomic E-state index is 6.37. The summed E-state index contributed by atoms with van der Waals surface area (Å²) < 4.78 is 0. The van der Waals surface area contributed by atoms with Gasteiger partial charge in [-0.05, 0) is 49.5 Å². The molecule has 19 heavy (non-hydrogen) atoms. The highest BCUT2D eigenvalue weighted by atomic mass is 15.1. The Morgan fingerprint density at radius 3 is 2.42 bits per heavy atom. The number of hydrogen-bond donors (Lipinski definition) is 1. The van der Waals surface area contributed by atoms with Gasteiger partial charge < -0.3 is 10.6 Å². The van der Waals surface area contributed by atoms with Crippen LogP contribution in [0.3, 0.4) is 0 Å². The first-order chi connectivity index (χ1) is 8.74. The van der Waals surface area contributed by atoms with E-state index in [-0.39, 0.29) is 0 Å². The van der Waals surface area contributed by atoms with Crippen LogP contribution in [-0.4, -0.2) is 31.1 Å². The lowest BCUT2D eigenvalue weighted by Gasteiger charge is -2.42. The van der Waals surface area contributed by atoms with Gasteiger partial charge >= 0.3 is 0 Å². The monoisotopic (exact) mass is 268 g/mol. The third-order valence-electron chi connectivity index (χ3n) is 5.13. The molecule has 1 fully saturated rings. The molecular formula is C17H36N2. The van der Waals surface area contributed by atoms with E-state index < -0.39 is 0 Å². The molecule has 1 saturated carbocycles. The van der Waals surface area contributed by atoms with Gasteiger partial charge in [-0.25, -0.2) is 0 Å². The maximum absolute atomic E-state index is 6.37. The molecule has 2 nitrogen and oxygen atoms in total. The van der Waals surface area contributed by atoms with E-state index in [4.69, 9.17) is 5.73 Å². The number of hydrogen-bond acceptors (Lipinski definition) is 2. The minimum Gasteiger partial charge on any atom is -0.327 e. The van der Waals surface area contributed by atoms with Gasteiger partial charge in [-0.2, -0.15) is 0 Å². The van der Waals surface area contributed by atoms with Crippen molar-refractivity contribution in [2.45, 2.75) is 66.3 Å². The number of nitrogens with two attached hydrogens (primary N) is 1. The molecule has 0 amide bonds. The summed E-state index contributed by atoms with van der Waals surface area (Å²) >= 11 is 0. The van der Waals surface area contributed by atoms with Crippen LogP contribution in [0, 0.1) is 23.2 Å². The first-order valence-corrected chi connectivity index (χ1v) is 8.18. The third kappa shape index (κ3) is 5.43. The number of rotatable bonds is 5. The summed E-state index contributed by atoms with van der Waals surface area (Å²) in [6.45, 7) is 14.2. The zero-order valence-corrected chi connectivity index (χ0v) is 14.1. The van der Waals surface area contributed by atoms with Crippen LogP contribution in [0.4, 0.5) is 0 Å². The molecule has 1 rings (SSSR count). The Hall–Kier alpha value is -0.0800. The van der Waals surface area contributed by atoms with Gasteiger partial charge in [0.1, 0.15) is 0 Å². The van der Waals surface area contributed by atoms with Gasteiger partial charge in [0.2, 0.25) is 0 Å². The van der Waals surface area contributed by atoms with Gasteiger partial charge in [-0.15, -0.1) is 0 Å². The van der Waals surface area contributed by atoms with Crippen molar-refractivity contribution in [2.24, 2.45) is 28.9 Å². The van der Waals surface area contributed by atoms with Crippen molar-refractivity contribution >= 4 is 0 Å². The van der Waals surface area contributed by atoms with E-state index >= 15 is 0 Å². The van der Waals surface area contributed by atoms with Crippen LogP contribution in [0.5, 0.6) is 0 Å². The molecule has 0 aromatic rings. The highest BCUT2D eigenvalue weighted by molar-refractivity contribution is 4.88. The lowest BCUT2D eigenvalue weighted by molar-refractivity contribution is 0.102. The average molecular weight is 268 g/mol. The topological polar surface area (TPSA) is 29.3 Å². The van der Waals surface area contributed by atoms with Crippen LogP contribution < -0.4 is 5.73 Å². The summed E-state index contributed by atoms with van der Waals surface area (Å²) in [5.74, 6) is 2.32. The molecule has 4 atom stereocenters. The molecule has 1 aliphatic rings. The van der Waals surface area contributed by atoms with E-state index in [1.54, 1.807) is 0 Å². The van der Waals surface area contributed by atoms with Gasteiger partial charge in [0.25, 0.3) is 0 Å². The molecule has 0 radical (unpaired) electrons. The van der Waals surface area contributed by atoms with Crippen LogP contribution in [0.1, 0.15) is 60.3 Å². The predicted molar refractivity (Wildman–Crippen MR) is 85.2 cm³/mol. The van der Waals surface area contributed by atoms with Gasteiger partial charge in [-0.3, -0.25) is 0 Å². The first kappa shape index (κ1) is 17.0. The second-order valence-electron chi connectivity index (χ2n) is 8.03. The van der Waals surface area contributed by atoms with Crippen molar-refractivity contribution < 1.29 is 0 Å². The molecule has 2 heteroatoms. The van der Waals surface area contributed by atoms with Crippen LogP contribution in [-0.2, 0) is 0 Å². The van der Waals surface area contributed by atoms with Crippen molar-refractivity contribution in [1.29, 1.82) is 0 Å². The Morgan fingerprint density at radius 1 is 1.26 bits per heavy atom. The molecule has 0 bridgehead atoms. The highest BCUT2D eigenvalue weighted by Gasteiger charge is 2.34. The Bertz CT molecular complexity index is 256. The van der Waals surface area contributed by atoms with Crippen LogP contribution in [0.15, 0.2) is 0 Å². The smallest absolute Gasteiger partial charge is 0.00795 e. The molecular weight excluding hydrogens is 232 g/mol. The second kappa shape index (κ2) is 7.08. The molecule has 114 valence electrons. The van der Waals surface area contributed by atoms with Crippen molar-refractivity contribution in [1.82, 2.24) is 4.90 Å². The van der Waals surface area contributed by atoms with Crippen molar-refractivity contribution in [3.8, 4) is 0 Å². The van der Waals surface area contributed by atoms with Gasteiger partial charge in [-0.1, -0.05) is 41.0 Å². The fourth-order valence-corrected chi connectivity index (χ4v) is 3.42. The summed E-state index contributed by atoms with van der Waals surface area (Å²) in [5.41, 5.74) is 6.81. The average Bonchev–Trinajstić information content (AvgIpc) is 2.30.